The summed E-state index contributed by atoms with van der Waals surface area (Å²) in [6.07, 6.45) is 0. The molecule has 0 saturated heterocycles. The first-order chi connectivity index (χ1) is 10.3. The van der Waals surface area contributed by atoms with E-state index in [1.54, 1.807) is 24.3 Å². The largest absolute Gasteiger partial charge is 0.348 e. The summed E-state index contributed by atoms with van der Waals surface area (Å²) >= 11 is 5.73. The minimum absolute atomic E-state index is 0.246. The third-order valence-corrected chi connectivity index (χ3v) is 2.87. The van der Waals surface area contributed by atoms with Gasteiger partial charge >= 0.3 is 6.03 Å². The van der Waals surface area contributed by atoms with Crippen molar-refractivity contribution in [2.24, 2.45) is 5.73 Å². The van der Waals surface area contributed by atoms with Gasteiger partial charge in [0, 0.05) is 11.6 Å². The summed E-state index contributed by atoms with van der Waals surface area (Å²) in [5.74, 6) is -3.89. The molecular weight excluding hydrogens is 318 g/mol. The zero-order valence-electron chi connectivity index (χ0n) is 11.7. The van der Waals surface area contributed by atoms with Crippen molar-refractivity contribution in [1.82, 2.24) is 16.0 Å². The number of hydrogen-bond donors (Lipinski definition) is 4. The number of rotatable bonds is 7. The van der Waals surface area contributed by atoms with Gasteiger partial charge in [-0.3, -0.25) is 4.79 Å². The monoisotopic (exact) mass is 334 g/mol. The van der Waals surface area contributed by atoms with Gasteiger partial charge in [0.15, 0.2) is 0 Å². The third-order valence-electron chi connectivity index (χ3n) is 2.62. The van der Waals surface area contributed by atoms with Crippen molar-refractivity contribution in [3.8, 4) is 0 Å². The molecule has 0 aliphatic carbocycles. The molecule has 0 aliphatic heterocycles. The minimum atomic E-state index is -3.16. The van der Waals surface area contributed by atoms with Gasteiger partial charge in [-0.05, 0) is 17.7 Å². The van der Waals surface area contributed by atoms with Crippen molar-refractivity contribution < 1.29 is 18.4 Å². The Morgan fingerprint density at radius 1 is 1.14 bits per heavy atom. The number of carbonyl (C=O) groups excluding carboxylic acids is 2. The van der Waals surface area contributed by atoms with Gasteiger partial charge in [0.1, 0.15) is 0 Å². The molecule has 0 aromatic heterocycles. The van der Waals surface area contributed by atoms with Gasteiger partial charge in [-0.25, -0.2) is 13.6 Å². The molecule has 3 amide bonds. The van der Waals surface area contributed by atoms with E-state index in [4.69, 9.17) is 17.3 Å². The smallest absolute Gasteiger partial charge is 0.315 e. The predicted molar refractivity (Wildman–Crippen MR) is 78.7 cm³/mol. The molecule has 0 heterocycles. The Morgan fingerprint density at radius 2 is 1.77 bits per heavy atom. The van der Waals surface area contributed by atoms with E-state index in [2.05, 4.69) is 10.6 Å². The first kappa shape index (κ1) is 18.1. The molecule has 1 aromatic rings. The van der Waals surface area contributed by atoms with E-state index >= 15 is 0 Å². The molecule has 0 saturated carbocycles. The van der Waals surface area contributed by atoms with E-state index in [1.165, 1.54) is 0 Å². The van der Waals surface area contributed by atoms with Gasteiger partial charge in [0.05, 0.1) is 19.6 Å². The number of nitrogens with two attached hydrogens (primary N) is 1. The first-order valence-corrected chi connectivity index (χ1v) is 6.81. The summed E-state index contributed by atoms with van der Waals surface area (Å²) < 4.78 is 25.6. The molecule has 5 N–H and O–H groups in total. The van der Waals surface area contributed by atoms with Crippen LogP contribution < -0.4 is 21.7 Å². The third kappa shape index (κ3) is 7.19. The number of amides is 3. The zero-order valence-corrected chi connectivity index (χ0v) is 12.4. The molecule has 6 nitrogen and oxygen atoms in total. The van der Waals surface area contributed by atoms with Gasteiger partial charge in [-0.2, -0.15) is 0 Å². The lowest BCUT2D eigenvalue weighted by Crippen LogP contribution is -2.46. The van der Waals surface area contributed by atoms with Crippen LogP contribution >= 0.6 is 11.6 Å². The van der Waals surface area contributed by atoms with Crippen molar-refractivity contribution in [1.29, 1.82) is 0 Å². The molecule has 0 bridgehead atoms. The minimum Gasteiger partial charge on any atom is -0.348 e. The summed E-state index contributed by atoms with van der Waals surface area (Å²) in [4.78, 5) is 22.7. The molecule has 22 heavy (non-hydrogen) atoms. The van der Waals surface area contributed by atoms with E-state index in [0.29, 0.717) is 5.02 Å². The summed E-state index contributed by atoms with van der Waals surface area (Å²) in [6.45, 7) is -1.89. The molecule has 0 atom stereocenters. The van der Waals surface area contributed by atoms with Crippen LogP contribution in [0.2, 0.25) is 5.02 Å². The van der Waals surface area contributed by atoms with Crippen LogP contribution in [-0.4, -0.2) is 37.5 Å². The maximum absolute atomic E-state index is 12.8. The Hall–Kier alpha value is -1.93. The quantitative estimate of drug-likeness (QED) is 0.595. The molecule has 9 heteroatoms. The molecule has 122 valence electrons. The average Bonchev–Trinajstić information content (AvgIpc) is 2.50. The fourth-order valence-corrected chi connectivity index (χ4v) is 1.50. The van der Waals surface area contributed by atoms with Crippen LogP contribution in [0.1, 0.15) is 5.56 Å². The second kappa shape index (κ2) is 8.50. The molecule has 0 spiro atoms. The van der Waals surface area contributed by atoms with Gasteiger partial charge in [0.25, 0.3) is 5.92 Å². The van der Waals surface area contributed by atoms with Crippen molar-refractivity contribution >= 4 is 23.5 Å². The predicted octanol–water partition coefficient (Wildman–Crippen LogP) is 0.849. The molecule has 1 aromatic carbocycles. The molecule has 0 radical (unpaired) electrons. The summed E-state index contributed by atoms with van der Waals surface area (Å²) in [7, 11) is 0. The lowest BCUT2D eigenvalue weighted by molar-refractivity contribution is -0.121. The Morgan fingerprint density at radius 3 is 2.36 bits per heavy atom. The molecule has 0 fully saturated rings. The molecule has 1 rings (SSSR count). The number of carbonyl (C=O) groups is 2. The van der Waals surface area contributed by atoms with Crippen LogP contribution in [0.25, 0.3) is 0 Å². The van der Waals surface area contributed by atoms with Crippen LogP contribution in [0.5, 0.6) is 0 Å². The SMILES string of the molecule is NCC(F)(F)CNC(=O)CNC(=O)NCc1ccc(Cl)cc1. The molecular formula is C13H17ClF2N4O2. The maximum atomic E-state index is 12.8. The Kier molecular flexibility index (Phi) is 7.00. The number of hydrogen-bond acceptors (Lipinski definition) is 3. The van der Waals surface area contributed by atoms with Gasteiger partial charge in [-0.15, -0.1) is 0 Å². The fourth-order valence-electron chi connectivity index (χ4n) is 1.37. The van der Waals surface area contributed by atoms with Gasteiger partial charge < -0.3 is 21.7 Å². The Balaban J connectivity index is 2.22. The van der Waals surface area contributed by atoms with E-state index < -0.39 is 37.5 Å². The lowest BCUT2D eigenvalue weighted by Gasteiger charge is -2.14. The Bertz CT molecular complexity index is 511. The highest BCUT2D eigenvalue weighted by molar-refractivity contribution is 6.30. The van der Waals surface area contributed by atoms with Crippen LogP contribution in [0, 0.1) is 0 Å². The van der Waals surface area contributed by atoms with Crippen molar-refractivity contribution in [3.63, 3.8) is 0 Å². The number of halogens is 3. The maximum Gasteiger partial charge on any atom is 0.315 e. The highest BCUT2D eigenvalue weighted by atomic mass is 35.5. The average molecular weight is 335 g/mol. The van der Waals surface area contributed by atoms with Gasteiger partial charge in [0.2, 0.25) is 5.91 Å². The van der Waals surface area contributed by atoms with Crippen LogP contribution in [0.3, 0.4) is 0 Å². The highest BCUT2D eigenvalue weighted by Crippen LogP contribution is 2.09. The van der Waals surface area contributed by atoms with Crippen LogP contribution in [0.4, 0.5) is 13.6 Å². The highest BCUT2D eigenvalue weighted by Gasteiger charge is 2.27. The van der Waals surface area contributed by atoms with Crippen LogP contribution in [0.15, 0.2) is 24.3 Å². The normalized spacial score (nSPS) is 10.9. The van der Waals surface area contributed by atoms with Crippen molar-refractivity contribution in [2.45, 2.75) is 12.5 Å². The lowest BCUT2D eigenvalue weighted by atomic mass is 10.2. The Labute approximate surface area is 131 Å². The van der Waals surface area contributed by atoms with Gasteiger partial charge in [-0.1, -0.05) is 23.7 Å². The second-order valence-electron chi connectivity index (χ2n) is 4.50. The van der Waals surface area contributed by atoms with E-state index in [9.17, 15) is 18.4 Å². The number of nitrogens with one attached hydrogen (secondary N) is 3. The number of benzene rings is 1. The van der Waals surface area contributed by atoms with Crippen molar-refractivity contribution in [3.05, 3.63) is 34.9 Å². The molecule has 0 unspecified atom stereocenters. The van der Waals surface area contributed by atoms with Crippen LogP contribution in [-0.2, 0) is 11.3 Å². The van der Waals surface area contributed by atoms with E-state index in [0.717, 1.165) is 5.56 Å². The number of alkyl halides is 2. The standard InChI is InChI=1S/C13H17ClF2N4O2/c14-10-3-1-9(2-4-10)5-18-12(22)19-6-11(21)20-8-13(15,16)7-17/h1-4H,5-8,17H2,(H,20,21)(H2,18,19,22). The first-order valence-electron chi connectivity index (χ1n) is 6.43. The molecule has 0 aliphatic rings. The fraction of sp³-hybridized carbons (Fsp3) is 0.385. The summed E-state index contributed by atoms with van der Waals surface area (Å²) in [5.41, 5.74) is 5.66. The summed E-state index contributed by atoms with van der Waals surface area (Å²) in [5, 5.41) is 7.34. The zero-order chi connectivity index (χ0) is 16.6. The second-order valence-corrected chi connectivity index (χ2v) is 4.94. The topological polar surface area (TPSA) is 96.2 Å². The summed E-state index contributed by atoms with van der Waals surface area (Å²) in [6, 6.07) is 6.26. The van der Waals surface area contributed by atoms with Crippen molar-refractivity contribution in [2.75, 3.05) is 19.6 Å². The number of urea groups is 1. The van der Waals surface area contributed by atoms with E-state index in [-0.39, 0.29) is 6.54 Å². The van der Waals surface area contributed by atoms with E-state index in [1.807, 2.05) is 5.32 Å².